The molecule has 0 unspecified atom stereocenters. The third-order valence-electron chi connectivity index (χ3n) is 4.13. The lowest BCUT2D eigenvalue weighted by molar-refractivity contribution is 0.405. The third-order valence-corrected chi connectivity index (χ3v) is 4.13. The van der Waals surface area contributed by atoms with Crippen LogP contribution in [0.25, 0.3) is 0 Å². The maximum atomic E-state index is 4.69. The minimum absolute atomic E-state index is 0.605. The van der Waals surface area contributed by atoms with Crippen LogP contribution in [-0.4, -0.2) is 42.1 Å². The average molecular weight is 325 g/mol. The van der Waals surface area contributed by atoms with Crippen LogP contribution >= 0.6 is 0 Å². The van der Waals surface area contributed by atoms with E-state index in [2.05, 4.69) is 71.9 Å². The van der Waals surface area contributed by atoms with Crippen molar-refractivity contribution in [3.63, 3.8) is 0 Å². The van der Waals surface area contributed by atoms with Crippen molar-refractivity contribution in [2.75, 3.05) is 37.8 Å². The van der Waals surface area contributed by atoms with E-state index in [9.17, 15) is 0 Å². The standard InChI is InChI=1S/C19H27N5/c1-14-5-9-16(10-6-14)21-18-13-17(15-7-8-15)22-19(23-18)20-11-4-12-24(2)3/h5-6,9-10,13,15H,4,7-8,11-12H2,1-3H3,(H2,20,21,22,23). The van der Waals surface area contributed by atoms with Gasteiger partial charge in [0.25, 0.3) is 0 Å². The normalized spacial score (nSPS) is 14.0. The van der Waals surface area contributed by atoms with Crippen LogP contribution in [0.2, 0.25) is 0 Å². The van der Waals surface area contributed by atoms with Gasteiger partial charge in [-0.2, -0.15) is 4.98 Å². The number of anilines is 3. The largest absolute Gasteiger partial charge is 0.354 e. The molecule has 1 aliphatic rings. The Morgan fingerprint density at radius 3 is 2.54 bits per heavy atom. The molecule has 0 amide bonds. The Morgan fingerprint density at radius 1 is 1.12 bits per heavy atom. The highest BCUT2D eigenvalue weighted by Crippen LogP contribution is 2.40. The molecule has 0 bridgehead atoms. The molecule has 1 heterocycles. The van der Waals surface area contributed by atoms with Crippen LogP contribution in [0.15, 0.2) is 30.3 Å². The van der Waals surface area contributed by atoms with Gasteiger partial charge in [0.1, 0.15) is 5.82 Å². The minimum atomic E-state index is 0.605. The van der Waals surface area contributed by atoms with Crippen molar-refractivity contribution in [2.24, 2.45) is 0 Å². The fourth-order valence-corrected chi connectivity index (χ4v) is 2.58. The molecule has 2 aromatic rings. The van der Waals surface area contributed by atoms with Crippen molar-refractivity contribution in [2.45, 2.75) is 32.1 Å². The van der Waals surface area contributed by atoms with Gasteiger partial charge in [0, 0.05) is 24.2 Å². The molecule has 0 saturated heterocycles. The Morgan fingerprint density at radius 2 is 1.88 bits per heavy atom. The molecular formula is C19H27N5. The van der Waals surface area contributed by atoms with Crippen molar-refractivity contribution >= 4 is 17.5 Å². The van der Waals surface area contributed by atoms with E-state index >= 15 is 0 Å². The van der Waals surface area contributed by atoms with Crippen LogP contribution < -0.4 is 10.6 Å². The first-order valence-corrected chi connectivity index (χ1v) is 8.71. The smallest absolute Gasteiger partial charge is 0.224 e. The van der Waals surface area contributed by atoms with Crippen molar-refractivity contribution in [3.05, 3.63) is 41.6 Å². The van der Waals surface area contributed by atoms with Gasteiger partial charge in [-0.15, -0.1) is 0 Å². The van der Waals surface area contributed by atoms with Gasteiger partial charge < -0.3 is 15.5 Å². The number of benzene rings is 1. The molecule has 1 aliphatic carbocycles. The third kappa shape index (κ3) is 4.93. The van der Waals surface area contributed by atoms with Gasteiger partial charge in [0.2, 0.25) is 5.95 Å². The number of rotatable bonds is 8. The molecule has 1 aromatic heterocycles. The molecule has 0 aliphatic heterocycles. The lowest BCUT2D eigenvalue weighted by atomic mass is 10.2. The summed E-state index contributed by atoms with van der Waals surface area (Å²) in [5.41, 5.74) is 3.46. The topological polar surface area (TPSA) is 53.1 Å². The van der Waals surface area contributed by atoms with Gasteiger partial charge in [-0.1, -0.05) is 17.7 Å². The fraction of sp³-hybridized carbons (Fsp3) is 0.474. The van der Waals surface area contributed by atoms with Gasteiger partial charge in [-0.05, 0) is 59.0 Å². The Balaban J connectivity index is 1.69. The van der Waals surface area contributed by atoms with E-state index in [1.54, 1.807) is 0 Å². The number of aryl methyl sites for hydroxylation is 1. The lowest BCUT2D eigenvalue weighted by Gasteiger charge is -2.12. The van der Waals surface area contributed by atoms with E-state index in [4.69, 9.17) is 4.98 Å². The van der Waals surface area contributed by atoms with E-state index in [0.717, 1.165) is 42.7 Å². The summed E-state index contributed by atoms with van der Waals surface area (Å²) in [6, 6.07) is 10.5. The van der Waals surface area contributed by atoms with Gasteiger partial charge in [-0.25, -0.2) is 4.98 Å². The minimum Gasteiger partial charge on any atom is -0.354 e. The molecule has 0 radical (unpaired) electrons. The van der Waals surface area contributed by atoms with Crippen LogP contribution in [0.5, 0.6) is 0 Å². The molecular weight excluding hydrogens is 298 g/mol. The Hall–Kier alpha value is -2.14. The average Bonchev–Trinajstić information content (AvgIpc) is 3.38. The highest BCUT2D eigenvalue weighted by molar-refractivity contribution is 5.58. The highest BCUT2D eigenvalue weighted by atomic mass is 15.1. The molecule has 1 saturated carbocycles. The highest BCUT2D eigenvalue weighted by Gasteiger charge is 2.26. The maximum Gasteiger partial charge on any atom is 0.224 e. The van der Waals surface area contributed by atoms with Crippen LogP contribution in [0.1, 0.15) is 36.4 Å². The summed E-state index contributed by atoms with van der Waals surface area (Å²) in [5, 5.41) is 6.77. The van der Waals surface area contributed by atoms with Crippen LogP contribution in [0, 0.1) is 6.92 Å². The first kappa shape index (κ1) is 16.7. The monoisotopic (exact) mass is 325 g/mol. The summed E-state index contributed by atoms with van der Waals surface area (Å²) in [6.07, 6.45) is 3.55. The van der Waals surface area contributed by atoms with E-state index in [0.29, 0.717) is 5.92 Å². The predicted molar refractivity (Wildman–Crippen MR) is 100 cm³/mol. The Bertz CT molecular complexity index is 662. The van der Waals surface area contributed by atoms with Crippen LogP contribution in [0.3, 0.4) is 0 Å². The summed E-state index contributed by atoms with van der Waals surface area (Å²) in [5.74, 6) is 2.20. The van der Waals surface area contributed by atoms with Gasteiger partial charge in [0.15, 0.2) is 0 Å². The quantitative estimate of drug-likeness (QED) is 0.724. The van der Waals surface area contributed by atoms with Crippen molar-refractivity contribution < 1.29 is 0 Å². The van der Waals surface area contributed by atoms with Crippen molar-refractivity contribution in [3.8, 4) is 0 Å². The fourth-order valence-electron chi connectivity index (χ4n) is 2.58. The molecule has 2 N–H and O–H groups in total. The molecule has 1 aromatic carbocycles. The van der Waals surface area contributed by atoms with Gasteiger partial charge in [0.05, 0.1) is 5.69 Å². The number of nitrogens with zero attached hydrogens (tertiary/aromatic N) is 3. The Kier molecular flexibility index (Phi) is 5.30. The molecule has 5 heteroatoms. The molecule has 1 fully saturated rings. The Labute approximate surface area is 144 Å². The van der Waals surface area contributed by atoms with Gasteiger partial charge in [-0.3, -0.25) is 0 Å². The number of nitrogens with one attached hydrogen (secondary N) is 2. The zero-order valence-corrected chi connectivity index (χ0v) is 14.8. The first-order chi connectivity index (χ1) is 11.6. The van der Waals surface area contributed by atoms with Crippen molar-refractivity contribution in [1.29, 1.82) is 0 Å². The second-order valence-electron chi connectivity index (χ2n) is 6.85. The zero-order chi connectivity index (χ0) is 16.9. The molecule has 0 atom stereocenters. The summed E-state index contributed by atoms with van der Waals surface area (Å²) >= 11 is 0. The zero-order valence-electron chi connectivity index (χ0n) is 14.8. The van der Waals surface area contributed by atoms with E-state index in [-0.39, 0.29) is 0 Å². The second kappa shape index (κ2) is 7.62. The summed E-state index contributed by atoms with van der Waals surface area (Å²) in [4.78, 5) is 11.5. The molecule has 128 valence electrons. The molecule has 5 nitrogen and oxygen atoms in total. The van der Waals surface area contributed by atoms with Crippen LogP contribution in [0.4, 0.5) is 17.5 Å². The second-order valence-corrected chi connectivity index (χ2v) is 6.85. The number of aromatic nitrogens is 2. The van der Waals surface area contributed by atoms with E-state index in [1.807, 2.05) is 0 Å². The molecule has 0 spiro atoms. The number of hydrogen-bond donors (Lipinski definition) is 2. The SMILES string of the molecule is Cc1ccc(Nc2cc(C3CC3)nc(NCCCN(C)C)n2)cc1. The molecule has 3 rings (SSSR count). The lowest BCUT2D eigenvalue weighted by Crippen LogP contribution is -2.17. The van der Waals surface area contributed by atoms with Crippen LogP contribution in [-0.2, 0) is 0 Å². The maximum absolute atomic E-state index is 4.69. The van der Waals surface area contributed by atoms with Gasteiger partial charge >= 0.3 is 0 Å². The summed E-state index contributed by atoms with van der Waals surface area (Å²) in [6.45, 7) is 4.04. The summed E-state index contributed by atoms with van der Waals surface area (Å²) < 4.78 is 0. The molecule has 24 heavy (non-hydrogen) atoms. The van der Waals surface area contributed by atoms with E-state index in [1.165, 1.54) is 18.4 Å². The summed E-state index contributed by atoms with van der Waals surface area (Å²) in [7, 11) is 4.18. The first-order valence-electron chi connectivity index (χ1n) is 8.71. The van der Waals surface area contributed by atoms with E-state index < -0.39 is 0 Å². The number of hydrogen-bond acceptors (Lipinski definition) is 5. The van der Waals surface area contributed by atoms with Crippen molar-refractivity contribution in [1.82, 2.24) is 14.9 Å². The predicted octanol–water partition coefficient (Wildman–Crippen LogP) is 3.77.